The lowest BCUT2D eigenvalue weighted by atomic mass is 10.1. The summed E-state index contributed by atoms with van der Waals surface area (Å²) in [4.78, 5) is 4.38. The minimum atomic E-state index is -4.70. The van der Waals surface area contributed by atoms with Crippen LogP contribution in [0.1, 0.15) is 18.5 Å². The molecule has 0 aliphatic carbocycles. The number of hydrogen-bond donors (Lipinski definition) is 1. The Morgan fingerprint density at radius 2 is 1.69 bits per heavy atom. The highest BCUT2D eigenvalue weighted by atomic mass is 19.4. The largest absolute Gasteiger partial charge is 0.573 e. The van der Waals surface area contributed by atoms with Gasteiger partial charge in [0.05, 0.1) is 17.9 Å². The van der Waals surface area contributed by atoms with E-state index in [-0.39, 0.29) is 11.8 Å². The van der Waals surface area contributed by atoms with Gasteiger partial charge in [-0.25, -0.2) is 4.98 Å². The second kappa shape index (κ2) is 7.11. The van der Waals surface area contributed by atoms with E-state index in [0.29, 0.717) is 5.95 Å². The molecule has 0 radical (unpaired) electrons. The first kappa shape index (κ1) is 17.8. The van der Waals surface area contributed by atoms with Gasteiger partial charge in [0.2, 0.25) is 5.95 Å². The van der Waals surface area contributed by atoms with Crippen LogP contribution in [-0.4, -0.2) is 15.9 Å². The Hall–Kier alpha value is -2.96. The van der Waals surface area contributed by atoms with E-state index in [9.17, 15) is 13.2 Å². The van der Waals surface area contributed by atoms with Crippen LogP contribution in [0.5, 0.6) is 5.75 Å². The Bertz CT molecular complexity index is 858. The van der Waals surface area contributed by atoms with Crippen molar-refractivity contribution < 1.29 is 17.9 Å². The molecule has 3 aromatic rings. The van der Waals surface area contributed by atoms with Gasteiger partial charge in [-0.15, -0.1) is 13.2 Å². The number of rotatable bonds is 5. The molecule has 0 aliphatic heterocycles. The molecule has 1 atom stereocenters. The molecule has 0 aliphatic rings. The van der Waals surface area contributed by atoms with Gasteiger partial charge in [0.1, 0.15) is 5.75 Å². The fraction of sp³-hybridized carbons (Fsp3) is 0.211. The third-order valence-electron chi connectivity index (χ3n) is 4.02. The van der Waals surface area contributed by atoms with Crippen molar-refractivity contribution in [1.82, 2.24) is 9.55 Å². The molecule has 2 aromatic carbocycles. The van der Waals surface area contributed by atoms with Crippen molar-refractivity contribution in [3.63, 3.8) is 0 Å². The molecule has 0 saturated carbocycles. The number of imidazole rings is 1. The van der Waals surface area contributed by atoms with Gasteiger partial charge in [0.25, 0.3) is 0 Å². The SMILES string of the molecule is CC(Nc1ncc(-c2ccc(OC(F)(F)F)cc2)n1C)c1ccccc1. The number of ether oxygens (including phenoxy) is 1. The Morgan fingerprint density at radius 3 is 2.31 bits per heavy atom. The van der Waals surface area contributed by atoms with Crippen molar-refractivity contribution in [1.29, 1.82) is 0 Å². The Balaban J connectivity index is 1.76. The number of hydrogen-bond acceptors (Lipinski definition) is 3. The zero-order valence-electron chi connectivity index (χ0n) is 14.3. The van der Waals surface area contributed by atoms with E-state index in [1.165, 1.54) is 12.1 Å². The number of halogens is 3. The first-order chi connectivity index (χ1) is 12.3. The topological polar surface area (TPSA) is 39.1 Å². The van der Waals surface area contributed by atoms with Crippen LogP contribution in [0, 0.1) is 0 Å². The second-order valence-corrected chi connectivity index (χ2v) is 5.87. The summed E-state index contributed by atoms with van der Waals surface area (Å²) < 4.78 is 42.5. The van der Waals surface area contributed by atoms with E-state index in [1.807, 2.05) is 48.9 Å². The molecule has 1 aromatic heterocycles. The van der Waals surface area contributed by atoms with Gasteiger partial charge in [-0.05, 0) is 36.8 Å². The van der Waals surface area contributed by atoms with Crippen molar-refractivity contribution >= 4 is 5.95 Å². The Morgan fingerprint density at radius 1 is 1.04 bits per heavy atom. The van der Waals surface area contributed by atoms with Crippen molar-refractivity contribution in [2.45, 2.75) is 19.3 Å². The third kappa shape index (κ3) is 4.17. The fourth-order valence-electron chi connectivity index (χ4n) is 2.66. The first-order valence-corrected chi connectivity index (χ1v) is 8.03. The Kier molecular flexibility index (Phi) is 4.88. The quantitative estimate of drug-likeness (QED) is 0.682. The van der Waals surface area contributed by atoms with Crippen LogP contribution in [0.2, 0.25) is 0 Å². The number of benzene rings is 2. The average molecular weight is 361 g/mol. The molecule has 136 valence electrons. The summed E-state index contributed by atoms with van der Waals surface area (Å²) in [5.41, 5.74) is 2.66. The van der Waals surface area contributed by atoms with Crippen molar-refractivity contribution in [2.24, 2.45) is 7.05 Å². The standard InChI is InChI=1S/C19H18F3N3O/c1-13(14-6-4-3-5-7-14)24-18-23-12-17(25(18)2)15-8-10-16(11-9-15)26-19(20,21)22/h3-13H,1-2H3,(H,23,24). The van der Waals surface area contributed by atoms with Gasteiger partial charge in [0, 0.05) is 12.6 Å². The molecule has 3 rings (SSSR count). The van der Waals surface area contributed by atoms with Gasteiger partial charge in [-0.1, -0.05) is 30.3 Å². The molecular formula is C19H18F3N3O. The van der Waals surface area contributed by atoms with E-state index in [2.05, 4.69) is 15.0 Å². The van der Waals surface area contributed by atoms with Gasteiger partial charge in [0.15, 0.2) is 0 Å². The monoisotopic (exact) mass is 361 g/mol. The van der Waals surface area contributed by atoms with Gasteiger partial charge >= 0.3 is 6.36 Å². The number of nitrogens with one attached hydrogen (secondary N) is 1. The summed E-state index contributed by atoms with van der Waals surface area (Å²) in [6, 6.07) is 15.7. The maximum absolute atomic E-state index is 12.2. The molecule has 0 saturated heterocycles. The number of nitrogens with zero attached hydrogens (tertiary/aromatic N) is 2. The lowest BCUT2D eigenvalue weighted by Gasteiger charge is -2.15. The molecule has 0 bridgehead atoms. The smallest absolute Gasteiger partial charge is 0.406 e. The summed E-state index contributed by atoms with van der Waals surface area (Å²) in [6.45, 7) is 2.03. The van der Waals surface area contributed by atoms with E-state index >= 15 is 0 Å². The lowest BCUT2D eigenvalue weighted by molar-refractivity contribution is -0.274. The molecule has 1 N–H and O–H groups in total. The molecule has 7 heteroatoms. The molecule has 4 nitrogen and oxygen atoms in total. The summed E-state index contributed by atoms with van der Waals surface area (Å²) in [5, 5.41) is 3.34. The molecule has 1 heterocycles. The maximum Gasteiger partial charge on any atom is 0.573 e. The highest BCUT2D eigenvalue weighted by molar-refractivity contribution is 5.62. The lowest BCUT2D eigenvalue weighted by Crippen LogP contribution is -2.16. The van der Waals surface area contributed by atoms with Crippen LogP contribution in [0.15, 0.2) is 60.8 Å². The minimum absolute atomic E-state index is 0.0627. The molecule has 26 heavy (non-hydrogen) atoms. The fourth-order valence-corrected chi connectivity index (χ4v) is 2.66. The average Bonchev–Trinajstić information content (AvgIpc) is 2.96. The van der Waals surface area contributed by atoms with Crippen molar-refractivity contribution in [3.8, 4) is 17.0 Å². The van der Waals surface area contributed by atoms with Gasteiger partial charge < -0.3 is 14.6 Å². The predicted octanol–water partition coefficient (Wildman–Crippen LogP) is 5.16. The van der Waals surface area contributed by atoms with Crippen LogP contribution in [0.25, 0.3) is 11.3 Å². The van der Waals surface area contributed by atoms with E-state index in [1.54, 1.807) is 18.3 Å². The Labute approximate surface area is 149 Å². The van der Waals surface area contributed by atoms with Crippen LogP contribution in [0.4, 0.5) is 19.1 Å². The minimum Gasteiger partial charge on any atom is -0.406 e. The van der Waals surface area contributed by atoms with Crippen LogP contribution in [0.3, 0.4) is 0 Å². The molecule has 0 fully saturated rings. The first-order valence-electron chi connectivity index (χ1n) is 8.03. The van der Waals surface area contributed by atoms with Crippen LogP contribution < -0.4 is 10.1 Å². The zero-order valence-corrected chi connectivity index (χ0v) is 14.3. The van der Waals surface area contributed by atoms with Gasteiger partial charge in [-0.2, -0.15) is 0 Å². The normalized spacial score (nSPS) is 12.7. The van der Waals surface area contributed by atoms with Crippen LogP contribution >= 0.6 is 0 Å². The van der Waals surface area contributed by atoms with Gasteiger partial charge in [-0.3, -0.25) is 0 Å². The summed E-state index contributed by atoms with van der Waals surface area (Å²) in [7, 11) is 1.85. The predicted molar refractivity (Wildman–Crippen MR) is 93.8 cm³/mol. The number of anilines is 1. The molecule has 1 unspecified atom stereocenters. The molecular weight excluding hydrogens is 343 g/mol. The molecule has 0 spiro atoms. The van der Waals surface area contributed by atoms with E-state index in [0.717, 1.165) is 16.8 Å². The van der Waals surface area contributed by atoms with E-state index < -0.39 is 6.36 Å². The highest BCUT2D eigenvalue weighted by Crippen LogP contribution is 2.28. The maximum atomic E-state index is 12.2. The van der Waals surface area contributed by atoms with Crippen LogP contribution in [-0.2, 0) is 7.05 Å². The van der Waals surface area contributed by atoms with Crippen molar-refractivity contribution in [3.05, 3.63) is 66.4 Å². The highest BCUT2D eigenvalue weighted by Gasteiger charge is 2.31. The van der Waals surface area contributed by atoms with E-state index in [4.69, 9.17) is 0 Å². The summed E-state index contributed by atoms with van der Waals surface area (Å²) >= 11 is 0. The second-order valence-electron chi connectivity index (χ2n) is 5.87. The zero-order chi connectivity index (χ0) is 18.7. The number of aromatic nitrogens is 2. The molecule has 0 amide bonds. The van der Waals surface area contributed by atoms with Crippen molar-refractivity contribution in [2.75, 3.05) is 5.32 Å². The number of alkyl halides is 3. The summed E-state index contributed by atoms with van der Waals surface area (Å²) in [5.74, 6) is 0.423. The summed E-state index contributed by atoms with van der Waals surface area (Å²) in [6.07, 6.45) is -3.02. The third-order valence-corrected chi connectivity index (χ3v) is 4.02.